The monoisotopic (exact) mass is 1130 g/mol. The van der Waals surface area contributed by atoms with Crippen molar-refractivity contribution >= 4 is 52.4 Å². The van der Waals surface area contributed by atoms with E-state index < -0.39 is 83.9 Å². The number of aryl methyl sites for hydroxylation is 1. The van der Waals surface area contributed by atoms with Crippen LogP contribution >= 0.6 is 0 Å². The Hall–Kier alpha value is -8.75. The quantitative estimate of drug-likeness (QED) is 0.0593. The van der Waals surface area contributed by atoms with Gasteiger partial charge in [-0.25, -0.2) is 4.79 Å². The third-order valence-corrected chi connectivity index (χ3v) is 15.6. The van der Waals surface area contributed by atoms with Gasteiger partial charge in [-0.15, -0.1) is 0 Å². The third kappa shape index (κ3) is 16.3. The number of benzene rings is 5. The molecule has 0 radical (unpaired) electrons. The Kier molecular flexibility index (Phi) is 20.4. The van der Waals surface area contributed by atoms with Gasteiger partial charge in [-0.2, -0.15) is 0 Å². The molecule has 20 heteroatoms. The van der Waals surface area contributed by atoms with Crippen molar-refractivity contribution in [2.75, 3.05) is 39.8 Å². The van der Waals surface area contributed by atoms with Crippen molar-refractivity contribution in [2.45, 2.75) is 107 Å². The van der Waals surface area contributed by atoms with E-state index in [0.29, 0.717) is 54.3 Å². The first-order valence-electron chi connectivity index (χ1n) is 28.5. The number of amides is 7. The van der Waals surface area contributed by atoms with Gasteiger partial charge in [0.25, 0.3) is 0 Å². The molecule has 0 bridgehead atoms. The number of para-hydroxylation sites is 1. The first-order chi connectivity index (χ1) is 40.4. The van der Waals surface area contributed by atoms with E-state index >= 15 is 28.8 Å². The van der Waals surface area contributed by atoms with Crippen LogP contribution in [0.1, 0.15) is 59.9 Å². The second kappa shape index (κ2) is 28.8. The van der Waals surface area contributed by atoms with Crippen molar-refractivity contribution in [3.63, 3.8) is 0 Å². The summed E-state index contributed by atoms with van der Waals surface area (Å²) in [4.78, 5) is 109. The number of nitrogens with two attached hydrogens (primary N) is 1. The predicted octanol–water partition coefficient (Wildman–Crippen LogP) is 3.90. The number of piperidine rings is 1. The second-order valence-electron chi connectivity index (χ2n) is 21.5. The van der Waals surface area contributed by atoms with E-state index in [2.05, 4.69) is 42.2 Å². The highest BCUT2D eigenvalue weighted by atomic mass is 16.6. The SMILES string of the molecule is COc1ccc(CC2NC(=O)[C@H](Cc3ccc(OCc4ccccc4)cc3)NC(=O)C(CC3CCNCC3)NC(=O)[C@@H](Cc3c[nH]c4ccccc34)NC(=O)[C@H](CCc3ccccc3)NC(=O)[C@@H]3C[C@@H](OC(=O)NCCN)CN3C2=O)cc1. The molecule has 4 heterocycles. The summed E-state index contributed by atoms with van der Waals surface area (Å²) >= 11 is 0. The minimum absolute atomic E-state index is 0.000416. The van der Waals surface area contributed by atoms with Crippen molar-refractivity contribution in [3.8, 4) is 11.5 Å². The molecule has 3 aliphatic rings. The number of aromatic amines is 1. The molecule has 3 aliphatic heterocycles. The fraction of sp³-hybridized carbons (Fsp3) is 0.381. The highest BCUT2D eigenvalue weighted by molar-refractivity contribution is 5.99. The lowest BCUT2D eigenvalue weighted by atomic mass is 9.90. The van der Waals surface area contributed by atoms with E-state index in [1.54, 1.807) is 54.7 Å². The van der Waals surface area contributed by atoms with Gasteiger partial charge in [-0.3, -0.25) is 28.8 Å². The lowest BCUT2D eigenvalue weighted by Gasteiger charge is -2.32. The number of ether oxygens (including phenoxy) is 3. The summed E-state index contributed by atoms with van der Waals surface area (Å²) in [5.41, 5.74) is 10.3. The van der Waals surface area contributed by atoms with Crippen LogP contribution in [0.2, 0.25) is 0 Å². The Labute approximate surface area is 482 Å². The van der Waals surface area contributed by atoms with E-state index in [4.69, 9.17) is 19.9 Å². The number of hydrogen-bond donors (Lipinski definition) is 9. The van der Waals surface area contributed by atoms with Crippen molar-refractivity contribution in [3.05, 3.63) is 167 Å². The molecule has 5 aromatic carbocycles. The average Bonchev–Trinajstić information content (AvgIpc) is 4.38. The van der Waals surface area contributed by atoms with Crippen LogP contribution in [0.4, 0.5) is 4.79 Å². The number of nitrogens with zero attached hydrogens (tertiary/aromatic N) is 1. The summed E-state index contributed by atoms with van der Waals surface area (Å²) in [7, 11) is 1.53. The fourth-order valence-electron chi connectivity index (χ4n) is 11.0. The van der Waals surface area contributed by atoms with Crippen LogP contribution in [-0.2, 0) is 65.8 Å². The molecule has 0 saturated carbocycles. The van der Waals surface area contributed by atoms with E-state index in [1.165, 1.54) is 12.0 Å². The smallest absolute Gasteiger partial charge is 0.407 e. The summed E-state index contributed by atoms with van der Waals surface area (Å²) in [5, 5.41) is 21.7. The molecular formula is C63H74N10O10. The molecule has 1 aromatic heterocycles. The van der Waals surface area contributed by atoms with Gasteiger partial charge in [0, 0.05) is 55.9 Å². The number of aromatic nitrogens is 1. The zero-order valence-corrected chi connectivity index (χ0v) is 46.6. The van der Waals surface area contributed by atoms with E-state index in [0.717, 1.165) is 34.9 Å². The molecule has 3 saturated heterocycles. The van der Waals surface area contributed by atoms with Crippen molar-refractivity contribution < 1.29 is 47.8 Å². The van der Waals surface area contributed by atoms with Gasteiger partial charge >= 0.3 is 6.09 Å². The number of rotatable bonds is 18. The summed E-state index contributed by atoms with van der Waals surface area (Å²) in [5.74, 6) is -2.98. The van der Waals surface area contributed by atoms with Crippen LogP contribution in [0.15, 0.2) is 140 Å². The van der Waals surface area contributed by atoms with Gasteiger partial charge in [-0.05, 0) is 109 Å². The van der Waals surface area contributed by atoms with Gasteiger partial charge in [-0.1, -0.05) is 103 Å². The van der Waals surface area contributed by atoms with Crippen LogP contribution < -0.4 is 52.4 Å². The number of alkyl carbamates (subject to hydrolysis) is 1. The highest BCUT2D eigenvalue weighted by Gasteiger charge is 2.45. The number of methoxy groups -OCH3 is 1. The molecule has 3 fully saturated rings. The van der Waals surface area contributed by atoms with Gasteiger partial charge in [0.1, 0.15) is 60.5 Å². The van der Waals surface area contributed by atoms with E-state index in [-0.39, 0.29) is 64.1 Å². The molecule has 0 aliphatic carbocycles. The predicted molar refractivity (Wildman–Crippen MR) is 312 cm³/mol. The van der Waals surface area contributed by atoms with Crippen molar-refractivity contribution in [2.24, 2.45) is 11.7 Å². The normalized spacial score (nSPS) is 22.2. The van der Waals surface area contributed by atoms with E-state index in [1.807, 2.05) is 84.9 Å². The van der Waals surface area contributed by atoms with Gasteiger partial charge in [0.2, 0.25) is 35.4 Å². The molecule has 83 heavy (non-hydrogen) atoms. The Morgan fingerprint density at radius 2 is 1.18 bits per heavy atom. The average molecular weight is 1130 g/mol. The van der Waals surface area contributed by atoms with Crippen molar-refractivity contribution in [1.29, 1.82) is 0 Å². The molecule has 9 rings (SSSR count). The third-order valence-electron chi connectivity index (χ3n) is 15.6. The maximum atomic E-state index is 15.5. The highest BCUT2D eigenvalue weighted by Crippen LogP contribution is 2.26. The summed E-state index contributed by atoms with van der Waals surface area (Å²) in [6, 6.07) is 33.0. The molecule has 7 atom stereocenters. The number of fused-ring (bicyclic) bond motifs is 2. The first-order valence-corrected chi connectivity index (χ1v) is 28.5. The second-order valence-corrected chi connectivity index (χ2v) is 21.5. The number of hydrogen-bond acceptors (Lipinski definition) is 12. The van der Waals surface area contributed by atoms with Gasteiger partial charge in [0.15, 0.2) is 0 Å². The molecule has 436 valence electrons. The maximum Gasteiger partial charge on any atom is 0.407 e. The number of carbonyl (C=O) groups is 7. The number of nitrogens with one attached hydrogen (secondary N) is 8. The summed E-state index contributed by atoms with van der Waals surface area (Å²) in [6.45, 7) is 1.71. The molecule has 2 unspecified atom stereocenters. The Balaban J connectivity index is 1.11. The topological polar surface area (TPSA) is 276 Å². The number of carbonyl (C=O) groups excluding carboxylic acids is 7. The lowest BCUT2D eigenvalue weighted by molar-refractivity contribution is -0.143. The minimum Gasteiger partial charge on any atom is -0.497 e. The lowest BCUT2D eigenvalue weighted by Crippen LogP contribution is -2.62. The Morgan fingerprint density at radius 1 is 0.614 bits per heavy atom. The molecule has 20 nitrogen and oxygen atoms in total. The first kappa shape index (κ1) is 58.9. The fourth-order valence-corrected chi connectivity index (χ4v) is 11.0. The van der Waals surface area contributed by atoms with Gasteiger partial charge in [0.05, 0.1) is 13.7 Å². The summed E-state index contributed by atoms with van der Waals surface area (Å²) in [6.07, 6.45) is 1.71. The van der Waals surface area contributed by atoms with Crippen LogP contribution in [0, 0.1) is 5.92 Å². The standard InChI is InChI=1S/C63H74N10O10/c1-81-46-21-16-42(17-22-46)34-55-62(79)73-38-48(83-63(80)66-31-28-64)36-56(73)61(78)68-51(25-20-40-10-4-2-5-11-40)57(74)71-54(35-45-37-67-50-15-9-8-14-49(45)50)60(77)70-53(33-43-26-29-65-30-27-43)58(75)69-52(59(76)72-55)32-41-18-23-47(24-19-41)82-39-44-12-6-3-7-13-44/h2-19,21-24,37,43,48,51-56,65,67H,20,25-36,38-39,64H2,1H3,(H,66,80)(H,68,78)(H,69,75)(H,70,77)(H,71,74)(H,72,76)/t48-,51+,52+,53?,54-,55?,56+/m1/s1. The molecule has 6 aromatic rings. The minimum atomic E-state index is -1.37. The van der Waals surface area contributed by atoms with Crippen LogP contribution in [-0.4, -0.2) is 134 Å². The molecule has 7 amide bonds. The maximum absolute atomic E-state index is 15.5. The Bertz CT molecular complexity index is 3160. The number of H-pyrrole nitrogens is 1. The summed E-state index contributed by atoms with van der Waals surface area (Å²) < 4.78 is 17.3. The van der Waals surface area contributed by atoms with Crippen LogP contribution in [0.5, 0.6) is 11.5 Å². The van der Waals surface area contributed by atoms with Crippen LogP contribution in [0.25, 0.3) is 10.9 Å². The Morgan fingerprint density at radius 3 is 1.86 bits per heavy atom. The molecule has 10 N–H and O–H groups in total. The van der Waals surface area contributed by atoms with Gasteiger partial charge < -0.3 is 67.0 Å². The zero-order valence-electron chi connectivity index (χ0n) is 46.6. The largest absolute Gasteiger partial charge is 0.497 e. The van der Waals surface area contributed by atoms with Crippen LogP contribution in [0.3, 0.4) is 0 Å². The van der Waals surface area contributed by atoms with E-state index in [9.17, 15) is 4.79 Å². The molecule has 0 spiro atoms. The molecular weight excluding hydrogens is 1060 g/mol. The van der Waals surface area contributed by atoms with Crippen molar-refractivity contribution in [1.82, 2.24) is 47.1 Å². The zero-order chi connectivity index (χ0) is 58.1.